The van der Waals surface area contributed by atoms with Crippen LogP contribution in [0.3, 0.4) is 0 Å². The van der Waals surface area contributed by atoms with E-state index in [4.69, 9.17) is 4.52 Å². The van der Waals surface area contributed by atoms with Crippen LogP contribution in [0.1, 0.15) is 31.9 Å². The Bertz CT molecular complexity index is 702. The van der Waals surface area contributed by atoms with Gasteiger partial charge in [0, 0.05) is 44.1 Å². The molecule has 0 saturated carbocycles. The first kappa shape index (κ1) is 20.1. The van der Waals surface area contributed by atoms with Crippen molar-refractivity contribution in [1.82, 2.24) is 15.4 Å². The first-order valence-corrected chi connectivity index (χ1v) is 9.12. The van der Waals surface area contributed by atoms with Gasteiger partial charge in [0.2, 0.25) is 5.91 Å². The molecule has 0 aliphatic heterocycles. The third-order valence-corrected chi connectivity index (χ3v) is 4.40. The van der Waals surface area contributed by atoms with E-state index in [1.54, 1.807) is 11.0 Å². The molecule has 0 fully saturated rings. The fraction of sp³-hybridized carbons (Fsp3) is 0.500. The van der Waals surface area contributed by atoms with E-state index in [1.807, 2.05) is 33.2 Å². The third kappa shape index (κ3) is 5.95. The van der Waals surface area contributed by atoms with Crippen LogP contribution in [-0.4, -0.2) is 43.1 Å². The molecule has 0 spiro atoms. The highest BCUT2D eigenvalue weighted by atomic mass is 19.1. The predicted octanol–water partition coefficient (Wildman–Crippen LogP) is 3.51. The van der Waals surface area contributed by atoms with Gasteiger partial charge in [0.1, 0.15) is 17.3 Å². The summed E-state index contributed by atoms with van der Waals surface area (Å²) in [6, 6.07) is 8.19. The summed E-state index contributed by atoms with van der Waals surface area (Å²) in [4.78, 5) is 13.9. The number of benzene rings is 1. The minimum atomic E-state index is -0.283. The van der Waals surface area contributed by atoms with Crippen LogP contribution >= 0.6 is 0 Å². The van der Waals surface area contributed by atoms with Gasteiger partial charge in [-0.15, -0.1) is 0 Å². The molecule has 26 heavy (non-hydrogen) atoms. The molecular weight excluding hydrogens is 333 g/mol. The molecule has 1 N–H and O–H groups in total. The van der Waals surface area contributed by atoms with Crippen molar-refractivity contribution < 1.29 is 13.7 Å². The lowest BCUT2D eigenvalue weighted by Crippen LogP contribution is -2.36. The topological polar surface area (TPSA) is 58.4 Å². The highest BCUT2D eigenvalue weighted by molar-refractivity contribution is 5.78. The molecule has 0 aliphatic rings. The van der Waals surface area contributed by atoms with Crippen LogP contribution < -0.4 is 5.32 Å². The second-order valence-corrected chi connectivity index (χ2v) is 6.72. The maximum atomic E-state index is 13.3. The molecule has 0 saturated heterocycles. The van der Waals surface area contributed by atoms with Gasteiger partial charge in [-0.25, -0.2) is 4.39 Å². The molecule has 0 bridgehead atoms. The summed E-state index contributed by atoms with van der Waals surface area (Å²) in [5, 5.41) is 7.04. The number of carbonyl (C=O) groups excluding carboxylic acids is 1. The third-order valence-electron chi connectivity index (χ3n) is 4.40. The number of amides is 1. The zero-order chi connectivity index (χ0) is 18.9. The van der Waals surface area contributed by atoms with E-state index < -0.39 is 0 Å². The summed E-state index contributed by atoms with van der Waals surface area (Å²) in [5.41, 5.74) is 1.37. The van der Waals surface area contributed by atoms with Gasteiger partial charge in [0.15, 0.2) is 0 Å². The van der Waals surface area contributed by atoms with Gasteiger partial charge in [-0.3, -0.25) is 4.79 Å². The zero-order valence-corrected chi connectivity index (χ0v) is 15.8. The molecule has 1 atom stereocenters. The van der Waals surface area contributed by atoms with Gasteiger partial charge in [0.05, 0.1) is 0 Å². The van der Waals surface area contributed by atoms with Crippen LogP contribution in [-0.2, 0) is 11.2 Å². The molecule has 2 aromatic rings. The monoisotopic (exact) mass is 361 g/mol. The Morgan fingerprint density at radius 3 is 2.85 bits per heavy atom. The number of nitrogens with zero attached hydrogens (tertiary/aromatic N) is 2. The van der Waals surface area contributed by atoms with Crippen LogP contribution in [0.2, 0.25) is 0 Å². The lowest BCUT2D eigenvalue weighted by Gasteiger charge is -2.21. The largest absolute Gasteiger partial charge is 0.361 e. The second kappa shape index (κ2) is 10.1. The number of nitrogens with one attached hydrogen (secondary N) is 1. The predicted molar refractivity (Wildman–Crippen MR) is 100 cm³/mol. The number of halogens is 1. The number of hydrogen-bond donors (Lipinski definition) is 1. The first-order valence-electron chi connectivity index (χ1n) is 9.12. The Kier molecular flexibility index (Phi) is 7.78. The molecular formula is C20H28FN3O2. The summed E-state index contributed by atoms with van der Waals surface area (Å²) < 4.78 is 18.6. The summed E-state index contributed by atoms with van der Waals surface area (Å²) >= 11 is 0. The van der Waals surface area contributed by atoms with E-state index in [9.17, 15) is 9.18 Å². The average molecular weight is 361 g/mol. The van der Waals surface area contributed by atoms with Crippen molar-refractivity contribution in [2.24, 2.45) is 5.92 Å². The van der Waals surface area contributed by atoms with Crippen LogP contribution in [0.5, 0.6) is 0 Å². The smallest absolute Gasteiger partial charge is 0.226 e. The van der Waals surface area contributed by atoms with Crippen molar-refractivity contribution in [2.75, 3.05) is 27.2 Å². The van der Waals surface area contributed by atoms with Gasteiger partial charge in [-0.05, 0) is 32.0 Å². The van der Waals surface area contributed by atoms with Crippen molar-refractivity contribution in [3.05, 3.63) is 41.9 Å². The number of unbranched alkanes of at least 4 members (excludes halogenated alkanes) is 2. The number of aryl methyl sites for hydroxylation is 1. The van der Waals surface area contributed by atoms with E-state index in [0.29, 0.717) is 12.2 Å². The maximum absolute atomic E-state index is 13.3. The Morgan fingerprint density at radius 2 is 2.12 bits per heavy atom. The fourth-order valence-corrected chi connectivity index (χ4v) is 2.92. The highest BCUT2D eigenvalue weighted by Crippen LogP contribution is 2.21. The van der Waals surface area contributed by atoms with E-state index in [1.165, 1.54) is 12.1 Å². The van der Waals surface area contributed by atoms with Gasteiger partial charge in [-0.1, -0.05) is 30.6 Å². The van der Waals surface area contributed by atoms with Gasteiger partial charge in [0.25, 0.3) is 0 Å². The normalized spacial score (nSPS) is 12.2. The maximum Gasteiger partial charge on any atom is 0.226 e. The van der Waals surface area contributed by atoms with Crippen molar-refractivity contribution >= 4 is 5.91 Å². The van der Waals surface area contributed by atoms with Crippen LogP contribution in [0.15, 0.2) is 34.9 Å². The van der Waals surface area contributed by atoms with E-state index in [0.717, 1.165) is 43.6 Å². The molecule has 6 heteroatoms. The summed E-state index contributed by atoms with van der Waals surface area (Å²) in [6.45, 7) is 3.40. The number of hydrogen-bond acceptors (Lipinski definition) is 4. The molecule has 1 aromatic carbocycles. The van der Waals surface area contributed by atoms with Crippen molar-refractivity contribution in [3.8, 4) is 11.3 Å². The average Bonchev–Trinajstić information content (AvgIpc) is 3.09. The zero-order valence-electron chi connectivity index (χ0n) is 15.8. The van der Waals surface area contributed by atoms with Gasteiger partial charge >= 0.3 is 0 Å². The Hall–Kier alpha value is -2.21. The molecule has 142 valence electrons. The van der Waals surface area contributed by atoms with E-state index >= 15 is 0 Å². The van der Waals surface area contributed by atoms with Crippen molar-refractivity contribution in [3.63, 3.8) is 0 Å². The molecule has 0 radical (unpaired) electrons. The van der Waals surface area contributed by atoms with Gasteiger partial charge < -0.3 is 14.7 Å². The SMILES string of the molecule is CNCC(C)C(=O)N(C)CCCCCc1cc(-c2cccc(F)c2)no1. The molecule has 1 heterocycles. The summed E-state index contributed by atoms with van der Waals surface area (Å²) in [6.07, 6.45) is 3.72. The minimum absolute atomic E-state index is 0.000405. The van der Waals surface area contributed by atoms with Crippen LogP contribution in [0.25, 0.3) is 11.3 Å². The molecule has 2 rings (SSSR count). The van der Waals surface area contributed by atoms with E-state index in [-0.39, 0.29) is 17.6 Å². The lowest BCUT2D eigenvalue weighted by molar-refractivity contribution is -0.133. The van der Waals surface area contributed by atoms with Crippen LogP contribution in [0.4, 0.5) is 4.39 Å². The number of carbonyl (C=O) groups is 1. The summed E-state index contributed by atoms with van der Waals surface area (Å²) in [5.74, 6) is 0.695. The fourth-order valence-electron chi connectivity index (χ4n) is 2.92. The molecule has 0 aliphatic carbocycles. The highest BCUT2D eigenvalue weighted by Gasteiger charge is 2.16. The first-order chi connectivity index (χ1) is 12.5. The minimum Gasteiger partial charge on any atom is -0.361 e. The van der Waals surface area contributed by atoms with Crippen molar-refractivity contribution in [1.29, 1.82) is 0 Å². The number of rotatable bonds is 10. The van der Waals surface area contributed by atoms with Crippen molar-refractivity contribution in [2.45, 2.75) is 32.6 Å². The molecule has 1 aromatic heterocycles. The van der Waals surface area contributed by atoms with E-state index in [2.05, 4.69) is 10.5 Å². The standard InChI is InChI=1S/C20H28FN3O2/c1-15(14-22-2)20(25)24(3)11-6-4-5-10-18-13-19(23-26-18)16-8-7-9-17(21)12-16/h7-9,12-13,15,22H,4-6,10-11,14H2,1-3H3. The van der Waals surface area contributed by atoms with Crippen LogP contribution in [0, 0.1) is 11.7 Å². The lowest BCUT2D eigenvalue weighted by atomic mass is 10.1. The molecule has 1 unspecified atom stereocenters. The second-order valence-electron chi connectivity index (χ2n) is 6.72. The Labute approximate surface area is 154 Å². The number of aromatic nitrogens is 1. The van der Waals surface area contributed by atoms with Gasteiger partial charge in [-0.2, -0.15) is 0 Å². The summed E-state index contributed by atoms with van der Waals surface area (Å²) in [7, 11) is 3.71. The Morgan fingerprint density at radius 1 is 1.31 bits per heavy atom. The molecule has 5 nitrogen and oxygen atoms in total. The quantitative estimate of drug-likeness (QED) is 0.658. The Balaban J connectivity index is 1.70. The molecule has 1 amide bonds.